The van der Waals surface area contributed by atoms with E-state index in [4.69, 9.17) is 0 Å². The highest BCUT2D eigenvalue weighted by Crippen LogP contribution is 2.21. The zero-order chi connectivity index (χ0) is 21.1. The van der Waals surface area contributed by atoms with Crippen molar-refractivity contribution in [3.63, 3.8) is 0 Å². The van der Waals surface area contributed by atoms with Crippen molar-refractivity contribution in [2.24, 2.45) is 5.92 Å². The van der Waals surface area contributed by atoms with Crippen molar-refractivity contribution in [1.29, 1.82) is 0 Å². The highest BCUT2D eigenvalue weighted by atomic mass is 16.1. The second kappa shape index (κ2) is 8.28. The number of benzene rings is 1. The second-order valence-electron chi connectivity index (χ2n) is 7.48. The molecule has 0 radical (unpaired) electrons. The van der Waals surface area contributed by atoms with E-state index in [0.717, 1.165) is 22.8 Å². The van der Waals surface area contributed by atoms with Crippen molar-refractivity contribution in [3.05, 3.63) is 66.1 Å². The van der Waals surface area contributed by atoms with Crippen LogP contribution in [0.3, 0.4) is 0 Å². The minimum Gasteiger partial charge on any atom is -0.352 e. The summed E-state index contributed by atoms with van der Waals surface area (Å²) in [5, 5.41) is 10.8. The van der Waals surface area contributed by atoms with Crippen LogP contribution in [0.15, 0.2) is 54.9 Å². The lowest BCUT2D eigenvalue weighted by Crippen LogP contribution is -2.27. The number of carbonyl (C=O) groups excluding carboxylic acids is 1. The van der Waals surface area contributed by atoms with Gasteiger partial charge in [-0.25, -0.2) is 4.98 Å². The van der Waals surface area contributed by atoms with Crippen molar-refractivity contribution < 1.29 is 4.79 Å². The van der Waals surface area contributed by atoms with Crippen molar-refractivity contribution >= 4 is 23.2 Å². The van der Waals surface area contributed by atoms with Crippen molar-refractivity contribution in [2.45, 2.75) is 20.8 Å². The van der Waals surface area contributed by atoms with Gasteiger partial charge in [0.1, 0.15) is 5.82 Å². The molecule has 0 atom stereocenters. The average Bonchev–Trinajstić information content (AvgIpc) is 3.17. The van der Waals surface area contributed by atoms with Crippen LogP contribution in [0.5, 0.6) is 0 Å². The maximum absolute atomic E-state index is 12.2. The van der Waals surface area contributed by atoms with Gasteiger partial charge in [0.25, 0.3) is 11.7 Å². The Hall–Kier alpha value is -3.81. The molecular weight excluding hydrogens is 378 g/mol. The lowest BCUT2D eigenvalue weighted by atomic mass is 10.1. The average molecular weight is 401 g/mol. The fourth-order valence-corrected chi connectivity index (χ4v) is 2.94. The van der Waals surface area contributed by atoms with Crippen LogP contribution >= 0.6 is 0 Å². The molecular formula is C22H23N7O. The van der Waals surface area contributed by atoms with E-state index in [2.05, 4.69) is 44.5 Å². The van der Waals surface area contributed by atoms with Crippen LogP contribution in [-0.2, 0) is 0 Å². The number of aryl methyl sites for hydroxylation is 1. The Morgan fingerprint density at radius 1 is 1.13 bits per heavy atom. The second-order valence-corrected chi connectivity index (χ2v) is 7.48. The lowest BCUT2D eigenvalue weighted by molar-refractivity contribution is 0.0949. The van der Waals surface area contributed by atoms with Crippen LogP contribution in [0.25, 0.3) is 17.2 Å². The Morgan fingerprint density at radius 3 is 2.63 bits per heavy atom. The van der Waals surface area contributed by atoms with Gasteiger partial charge in [-0.15, -0.1) is 5.10 Å². The van der Waals surface area contributed by atoms with Crippen molar-refractivity contribution in [3.8, 4) is 11.4 Å². The van der Waals surface area contributed by atoms with Crippen LogP contribution < -0.4 is 10.6 Å². The van der Waals surface area contributed by atoms with Gasteiger partial charge in [0.2, 0.25) is 0 Å². The van der Waals surface area contributed by atoms with E-state index in [1.807, 2.05) is 37.3 Å². The van der Waals surface area contributed by atoms with Gasteiger partial charge in [0, 0.05) is 47.5 Å². The first-order valence-electron chi connectivity index (χ1n) is 9.80. The number of hydrogen-bond donors (Lipinski definition) is 2. The molecule has 0 fully saturated rings. The number of rotatable bonds is 6. The maximum atomic E-state index is 12.2. The van der Waals surface area contributed by atoms with E-state index in [1.54, 1.807) is 29.0 Å². The Morgan fingerprint density at radius 2 is 1.93 bits per heavy atom. The summed E-state index contributed by atoms with van der Waals surface area (Å²) in [6, 6.07) is 13.0. The minimum absolute atomic E-state index is 0.0743. The summed E-state index contributed by atoms with van der Waals surface area (Å²) in [5.41, 5.74) is 3.10. The molecule has 3 aromatic heterocycles. The third kappa shape index (κ3) is 4.27. The third-order valence-electron chi connectivity index (χ3n) is 4.45. The standard InChI is InChI=1S/C22H23N7O/c1-14(2)12-24-21(30)16-6-8-18(9-7-16)26-19-11-15(3)25-22-27-20(28-29(19)22)17-5-4-10-23-13-17/h4-11,13-14,26H,12H2,1-3H3,(H,24,30). The van der Waals surface area contributed by atoms with Gasteiger partial charge < -0.3 is 10.6 Å². The van der Waals surface area contributed by atoms with E-state index in [-0.39, 0.29) is 5.91 Å². The summed E-state index contributed by atoms with van der Waals surface area (Å²) in [6.07, 6.45) is 3.43. The largest absolute Gasteiger partial charge is 0.352 e. The van der Waals surface area contributed by atoms with E-state index >= 15 is 0 Å². The molecule has 3 heterocycles. The van der Waals surface area contributed by atoms with Gasteiger partial charge in [0.15, 0.2) is 5.82 Å². The zero-order valence-corrected chi connectivity index (χ0v) is 17.1. The molecule has 0 bridgehead atoms. The molecule has 0 unspecified atom stereocenters. The number of fused-ring (bicyclic) bond motifs is 1. The molecule has 4 rings (SSSR count). The minimum atomic E-state index is -0.0743. The maximum Gasteiger partial charge on any atom is 0.254 e. The van der Waals surface area contributed by atoms with E-state index in [1.165, 1.54) is 0 Å². The number of hydrogen-bond acceptors (Lipinski definition) is 6. The first-order chi connectivity index (χ1) is 14.5. The lowest BCUT2D eigenvalue weighted by Gasteiger charge is -2.10. The van der Waals surface area contributed by atoms with Gasteiger partial charge in [-0.05, 0) is 49.2 Å². The molecule has 0 aliphatic rings. The van der Waals surface area contributed by atoms with Crippen LogP contribution in [0.2, 0.25) is 0 Å². The van der Waals surface area contributed by atoms with E-state index in [9.17, 15) is 4.79 Å². The SMILES string of the molecule is Cc1cc(Nc2ccc(C(=O)NCC(C)C)cc2)n2nc(-c3cccnc3)nc2n1. The van der Waals surface area contributed by atoms with Crippen molar-refractivity contribution in [1.82, 2.24) is 29.9 Å². The molecule has 30 heavy (non-hydrogen) atoms. The molecule has 0 spiro atoms. The van der Waals surface area contributed by atoms with Crippen LogP contribution in [0.4, 0.5) is 11.5 Å². The summed E-state index contributed by atoms with van der Waals surface area (Å²) >= 11 is 0. The number of amides is 1. The van der Waals surface area contributed by atoms with Gasteiger partial charge in [-0.2, -0.15) is 9.50 Å². The third-order valence-corrected chi connectivity index (χ3v) is 4.45. The molecule has 8 heteroatoms. The summed E-state index contributed by atoms with van der Waals surface area (Å²) in [4.78, 5) is 25.3. The molecule has 2 N–H and O–H groups in total. The van der Waals surface area contributed by atoms with Crippen LogP contribution in [0, 0.1) is 12.8 Å². The smallest absolute Gasteiger partial charge is 0.254 e. The number of aromatic nitrogens is 5. The molecule has 0 aliphatic carbocycles. The Bertz CT molecular complexity index is 1170. The predicted octanol–water partition coefficient (Wildman–Crippen LogP) is 3.62. The number of pyridine rings is 1. The van der Waals surface area contributed by atoms with Gasteiger partial charge in [-0.3, -0.25) is 9.78 Å². The molecule has 0 saturated carbocycles. The Kier molecular flexibility index (Phi) is 5.38. The van der Waals surface area contributed by atoms with Crippen molar-refractivity contribution in [2.75, 3.05) is 11.9 Å². The van der Waals surface area contributed by atoms with Gasteiger partial charge >= 0.3 is 0 Å². The fourth-order valence-electron chi connectivity index (χ4n) is 2.94. The van der Waals surface area contributed by atoms with Crippen LogP contribution in [-0.4, -0.2) is 37.0 Å². The Labute approximate surface area is 174 Å². The summed E-state index contributed by atoms with van der Waals surface area (Å²) in [5.74, 6) is 2.13. The number of anilines is 2. The molecule has 152 valence electrons. The molecule has 4 aromatic rings. The quantitative estimate of drug-likeness (QED) is 0.512. The zero-order valence-electron chi connectivity index (χ0n) is 17.1. The van der Waals surface area contributed by atoms with E-state index < -0.39 is 0 Å². The molecule has 0 aliphatic heterocycles. The summed E-state index contributed by atoms with van der Waals surface area (Å²) in [7, 11) is 0. The van der Waals surface area contributed by atoms with Gasteiger partial charge in [0.05, 0.1) is 0 Å². The normalized spacial score (nSPS) is 11.1. The Balaban J connectivity index is 1.59. The summed E-state index contributed by atoms with van der Waals surface area (Å²) in [6.45, 7) is 6.69. The molecule has 1 aromatic carbocycles. The highest BCUT2D eigenvalue weighted by Gasteiger charge is 2.12. The fraction of sp³-hybridized carbons (Fsp3) is 0.227. The number of carbonyl (C=O) groups is 1. The molecule has 8 nitrogen and oxygen atoms in total. The number of nitrogens with one attached hydrogen (secondary N) is 2. The molecule has 0 saturated heterocycles. The predicted molar refractivity (Wildman–Crippen MR) is 116 cm³/mol. The summed E-state index contributed by atoms with van der Waals surface area (Å²) < 4.78 is 1.67. The first kappa shape index (κ1) is 19.5. The van der Waals surface area contributed by atoms with E-state index in [0.29, 0.717) is 29.6 Å². The van der Waals surface area contributed by atoms with Crippen LogP contribution in [0.1, 0.15) is 29.9 Å². The topological polar surface area (TPSA) is 97.1 Å². The monoisotopic (exact) mass is 401 g/mol. The van der Waals surface area contributed by atoms with Gasteiger partial charge in [-0.1, -0.05) is 13.8 Å². The molecule has 1 amide bonds. The first-order valence-corrected chi connectivity index (χ1v) is 9.80. The highest BCUT2D eigenvalue weighted by molar-refractivity contribution is 5.94. The number of nitrogens with zero attached hydrogens (tertiary/aromatic N) is 5.